The van der Waals surface area contributed by atoms with E-state index in [1.165, 1.54) is 12.4 Å². The summed E-state index contributed by atoms with van der Waals surface area (Å²) in [7, 11) is 3.09. The summed E-state index contributed by atoms with van der Waals surface area (Å²) in [6, 6.07) is 0. The first-order valence-corrected chi connectivity index (χ1v) is 6.05. The van der Waals surface area contributed by atoms with Gasteiger partial charge in [0.15, 0.2) is 0 Å². The lowest BCUT2D eigenvalue weighted by atomic mass is 10.3. The van der Waals surface area contributed by atoms with Gasteiger partial charge in [-0.25, -0.2) is 9.97 Å². The molecule has 0 spiro atoms. The van der Waals surface area contributed by atoms with E-state index in [0.717, 1.165) is 0 Å². The van der Waals surface area contributed by atoms with Crippen LogP contribution in [-0.2, 0) is 9.47 Å². The average Bonchev–Trinajstić information content (AvgIpc) is 2.47. The van der Waals surface area contributed by atoms with E-state index in [0.29, 0.717) is 26.3 Å². The molecule has 2 amide bonds. The second-order valence-electron chi connectivity index (χ2n) is 3.78. The number of hydrogen-bond donors (Lipinski definition) is 2. The molecule has 0 unspecified atom stereocenters. The van der Waals surface area contributed by atoms with Crippen molar-refractivity contribution in [2.24, 2.45) is 0 Å². The van der Waals surface area contributed by atoms with E-state index in [-0.39, 0.29) is 23.2 Å². The fourth-order valence-electron chi connectivity index (χ4n) is 1.28. The molecule has 8 heteroatoms. The second-order valence-corrected chi connectivity index (χ2v) is 3.78. The van der Waals surface area contributed by atoms with Crippen molar-refractivity contribution in [3.63, 3.8) is 0 Å². The molecule has 1 rings (SSSR count). The molecule has 1 heterocycles. The molecular weight excluding hydrogens is 264 g/mol. The first-order chi connectivity index (χ1) is 9.69. The third-order valence-electron chi connectivity index (χ3n) is 2.30. The normalized spacial score (nSPS) is 10.1. The average molecular weight is 282 g/mol. The van der Waals surface area contributed by atoms with Gasteiger partial charge in [-0.15, -0.1) is 0 Å². The molecule has 2 N–H and O–H groups in total. The van der Waals surface area contributed by atoms with Crippen LogP contribution in [0.4, 0.5) is 0 Å². The fourth-order valence-corrected chi connectivity index (χ4v) is 1.28. The molecule has 0 bridgehead atoms. The number of ether oxygens (including phenoxy) is 2. The summed E-state index contributed by atoms with van der Waals surface area (Å²) >= 11 is 0. The molecule has 0 saturated heterocycles. The van der Waals surface area contributed by atoms with Crippen molar-refractivity contribution in [3.8, 4) is 0 Å². The van der Waals surface area contributed by atoms with Gasteiger partial charge in [-0.2, -0.15) is 0 Å². The quantitative estimate of drug-likeness (QED) is 0.607. The number of nitrogens with zero attached hydrogens (tertiary/aromatic N) is 2. The Hall–Kier alpha value is -2.06. The highest BCUT2D eigenvalue weighted by atomic mass is 16.5. The summed E-state index contributed by atoms with van der Waals surface area (Å²) in [5, 5.41) is 5.21. The van der Waals surface area contributed by atoms with Gasteiger partial charge in [-0.1, -0.05) is 0 Å². The van der Waals surface area contributed by atoms with Crippen LogP contribution in [0.25, 0.3) is 0 Å². The Morgan fingerprint density at radius 1 is 0.950 bits per heavy atom. The number of aromatic nitrogens is 2. The van der Waals surface area contributed by atoms with Gasteiger partial charge in [0, 0.05) is 27.3 Å². The van der Waals surface area contributed by atoms with Crippen LogP contribution in [-0.4, -0.2) is 62.3 Å². The van der Waals surface area contributed by atoms with Crippen LogP contribution in [0, 0.1) is 0 Å². The summed E-state index contributed by atoms with van der Waals surface area (Å²) in [4.78, 5) is 31.0. The third kappa shape index (κ3) is 5.29. The molecule has 1 aromatic rings. The molecule has 1 aromatic heterocycles. The van der Waals surface area contributed by atoms with Crippen molar-refractivity contribution in [2.75, 3.05) is 40.5 Å². The molecule has 0 aromatic carbocycles. The van der Waals surface area contributed by atoms with Crippen LogP contribution >= 0.6 is 0 Å². The van der Waals surface area contributed by atoms with Crippen LogP contribution in [0.5, 0.6) is 0 Å². The van der Waals surface area contributed by atoms with E-state index in [4.69, 9.17) is 9.47 Å². The maximum atomic E-state index is 11.6. The topological polar surface area (TPSA) is 102 Å². The highest BCUT2D eigenvalue weighted by molar-refractivity contribution is 5.94. The second kappa shape index (κ2) is 8.94. The number of nitrogens with one attached hydrogen (secondary N) is 2. The van der Waals surface area contributed by atoms with E-state index in [1.807, 2.05) is 0 Å². The minimum Gasteiger partial charge on any atom is -0.383 e. The number of amides is 2. The number of rotatable bonds is 8. The van der Waals surface area contributed by atoms with Gasteiger partial charge in [-0.05, 0) is 0 Å². The molecule has 0 aliphatic carbocycles. The maximum Gasteiger partial charge on any atom is 0.271 e. The minimum atomic E-state index is -0.360. The van der Waals surface area contributed by atoms with E-state index >= 15 is 0 Å². The maximum absolute atomic E-state index is 11.6. The van der Waals surface area contributed by atoms with E-state index in [2.05, 4.69) is 20.6 Å². The van der Waals surface area contributed by atoms with Crippen LogP contribution in [0.2, 0.25) is 0 Å². The Morgan fingerprint density at radius 3 is 1.65 bits per heavy atom. The highest BCUT2D eigenvalue weighted by Gasteiger charge is 2.10. The predicted molar refractivity (Wildman–Crippen MR) is 70.5 cm³/mol. The van der Waals surface area contributed by atoms with Crippen LogP contribution in [0.1, 0.15) is 21.0 Å². The zero-order valence-electron chi connectivity index (χ0n) is 11.5. The Labute approximate surface area is 116 Å². The molecule has 8 nitrogen and oxygen atoms in total. The molecule has 0 aliphatic rings. The molecule has 0 radical (unpaired) electrons. The number of carbonyl (C=O) groups is 2. The largest absolute Gasteiger partial charge is 0.383 e. The molecule has 0 aliphatic heterocycles. The summed E-state index contributed by atoms with van der Waals surface area (Å²) in [6.07, 6.45) is 2.51. The van der Waals surface area contributed by atoms with Crippen molar-refractivity contribution in [2.45, 2.75) is 0 Å². The monoisotopic (exact) mass is 282 g/mol. The smallest absolute Gasteiger partial charge is 0.271 e. The zero-order chi connectivity index (χ0) is 14.8. The Balaban J connectivity index is 2.50. The third-order valence-corrected chi connectivity index (χ3v) is 2.30. The molecule has 0 saturated carbocycles. The molecule has 0 fully saturated rings. The molecule has 0 atom stereocenters. The van der Waals surface area contributed by atoms with E-state index in [9.17, 15) is 9.59 Å². The Morgan fingerprint density at radius 2 is 1.35 bits per heavy atom. The van der Waals surface area contributed by atoms with Crippen molar-refractivity contribution in [1.82, 2.24) is 20.6 Å². The lowest BCUT2D eigenvalue weighted by molar-refractivity contribution is 0.0917. The van der Waals surface area contributed by atoms with Gasteiger partial charge in [0.1, 0.15) is 11.4 Å². The van der Waals surface area contributed by atoms with Gasteiger partial charge in [0.25, 0.3) is 11.8 Å². The minimum absolute atomic E-state index is 0.148. The van der Waals surface area contributed by atoms with Crippen molar-refractivity contribution in [3.05, 3.63) is 23.8 Å². The first-order valence-electron chi connectivity index (χ1n) is 6.05. The van der Waals surface area contributed by atoms with Gasteiger partial charge in [0.05, 0.1) is 25.6 Å². The SMILES string of the molecule is COCCNC(=O)c1cnc(C(=O)NCCOC)cn1. The predicted octanol–water partition coefficient (Wildman–Crippen LogP) is -0.771. The lowest BCUT2D eigenvalue weighted by Crippen LogP contribution is -2.29. The lowest BCUT2D eigenvalue weighted by Gasteiger charge is -2.05. The van der Waals surface area contributed by atoms with Gasteiger partial charge < -0.3 is 20.1 Å². The molecular formula is C12H18N4O4. The summed E-state index contributed by atoms with van der Waals surface area (Å²) < 4.78 is 9.62. The van der Waals surface area contributed by atoms with Gasteiger partial charge in [0.2, 0.25) is 0 Å². The van der Waals surface area contributed by atoms with Crippen LogP contribution < -0.4 is 10.6 Å². The van der Waals surface area contributed by atoms with E-state index in [1.54, 1.807) is 14.2 Å². The zero-order valence-corrected chi connectivity index (χ0v) is 11.5. The van der Waals surface area contributed by atoms with E-state index < -0.39 is 0 Å². The fraction of sp³-hybridized carbons (Fsp3) is 0.500. The van der Waals surface area contributed by atoms with Crippen molar-refractivity contribution >= 4 is 11.8 Å². The Bertz CT molecular complexity index is 395. The first kappa shape index (κ1) is 16.0. The van der Waals surface area contributed by atoms with Crippen LogP contribution in [0.3, 0.4) is 0 Å². The van der Waals surface area contributed by atoms with Crippen molar-refractivity contribution in [1.29, 1.82) is 0 Å². The standard InChI is InChI=1S/C12H18N4O4/c1-19-5-3-13-11(17)9-7-16-10(8-15-9)12(18)14-4-6-20-2/h7-8H,3-6H2,1-2H3,(H,13,17)(H,14,18). The van der Waals surface area contributed by atoms with Gasteiger partial charge in [-0.3, -0.25) is 9.59 Å². The molecule has 20 heavy (non-hydrogen) atoms. The number of hydrogen-bond acceptors (Lipinski definition) is 6. The Kier molecular flexibility index (Phi) is 7.15. The highest BCUT2D eigenvalue weighted by Crippen LogP contribution is 1.96. The number of methoxy groups -OCH3 is 2. The van der Waals surface area contributed by atoms with Crippen molar-refractivity contribution < 1.29 is 19.1 Å². The molecule has 110 valence electrons. The summed E-state index contributed by atoms with van der Waals surface area (Å²) in [6.45, 7) is 1.60. The summed E-state index contributed by atoms with van der Waals surface area (Å²) in [5.41, 5.74) is 0.295. The van der Waals surface area contributed by atoms with Crippen LogP contribution in [0.15, 0.2) is 12.4 Å². The summed E-state index contributed by atoms with van der Waals surface area (Å²) in [5.74, 6) is -0.721. The van der Waals surface area contributed by atoms with Gasteiger partial charge >= 0.3 is 0 Å². The number of carbonyl (C=O) groups excluding carboxylic acids is 2.